The van der Waals surface area contributed by atoms with Gasteiger partial charge in [0.2, 0.25) is 0 Å². The molecule has 0 radical (unpaired) electrons. The maximum atomic E-state index is 12.6. The minimum Gasteiger partial charge on any atom is -0.511 e. The van der Waals surface area contributed by atoms with Gasteiger partial charge < -0.3 is 5.11 Å². The van der Waals surface area contributed by atoms with E-state index < -0.39 is 0 Å². The number of benzene rings is 2. The molecule has 0 atom stereocenters. The lowest BCUT2D eigenvalue weighted by atomic mass is 9.77. The summed E-state index contributed by atoms with van der Waals surface area (Å²) in [6.07, 6.45) is 2.33. The van der Waals surface area contributed by atoms with Crippen LogP contribution in [-0.2, 0) is 10.2 Å². The van der Waals surface area contributed by atoms with Gasteiger partial charge in [-0.2, -0.15) is 5.10 Å². The Bertz CT molecular complexity index is 1220. The number of aliphatic hydroxyl groups is 1. The van der Waals surface area contributed by atoms with E-state index >= 15 is 0 Å². The van der Waals surface area contributed by atoms with Gasteiger partial charge in [0.1, 0.15) is 5.76 Å². The largest absolute Gasteiger partial charge is 0.511 e. The minimum atomic E-state index is -0.239. The number of Topliss-reactive ketones (excluding diaryl/α,β-unsaturated/α-hetero) is 1. The number of nitrogens with zero attached hydrogens (tertiary/aromatic N) is 3. The first kappa shape index (κ1) is 22.7. The summed E-state index contributed by atoms with van der Waals surface area (Å²) >= 11 is 0. The lowest BCUT2D eigenvalue weighted by Crippen LogP contribution is -2.26. The van der Waals surface area contributed by atoms with Gasteiger partial charge in [0.15, 0.2) is 11.6 Å². The highest BCUT2D eigenvalue weighted by Crippen LogP contribution is 2.35. The first-order valence-electron chi connectivity index (χ1n) is 11.3. The van der Waals surface area contributed by atoms with E-state index in [1.165, 1.54) is 11.8 Å². The Morgan fingerprint density at radius 2 is 1.70 bits per heavy atom. The molecular formula is C28H31N3O2. The average Bonchev–Trinajstić information content (AvgIpc) is 3.17. The highest BCUT2D eigenvalue weighted by atomic mass is 16.3. The molecule has 3 aromatic rings. The Kier molecular flexibility index (Phi) is 5.83. The lowest BCUT2D eigenvalue weighted by Gasteiger charge is -2.28. The summed E-state index contributed by atoms with van der Waals surface area (Å²) in [5.74, 6) is 0.606. The third-order valence-corrected chi connectivity index (χ3v) is 5.96. The van der Waals surface area contributed by atoms with Crippen LogP contribution in [0.5, 0.6) is 0 Å². The molecule has 0 saturated carbocycles. The fourth-order valence-corrected chi connectivity index (χ4v) is 4.08. The second-order valence-corrected chi connectivity index (χ2v) is 10.5. The summed E-state index contributed by atoms with van der Waals surface area (Å²) in [4.78, 5) is 17.2. The number of hydrogen-bond acceptors (Lipinski definition) is 4. The molecule has 0 bridgehead atoms. The van der Waals surface area contributed by atoms with Crippen molar-refractivity contribution in [1.82, 2.24) is 9.78 Å². The van der Waals surface area contributed by atoms with E-state index in [0.717, 1.165) is 16.9 Å². The molecule has 4 rings (SSSR count). The fraction of sp³-hybridized carbons (Fsp3) is 0.321. The molecule has 33 heavy (non-hydrogen) atoms. The van der Waals surface area contributed by atoms with Crippen LogP contribution in [0.4, 0.5) is 5.82 Å². The van der Waals surface area contributed by atoms with Gasteiger partial charge in [0.05, 0.1) is 17.0 Å². The molecule has 0 spiro atoms. The van der Waals surface area contributed by atoms with E-state index in [-0.39, 0.29) is 27.9 Å². The standard InChI is InChI=1S/C28H31N3O2/c1-27(2,3)20-13-11-19(12-14-20)23-15-26(31(30-23)21-9-7-6-8-10-21)29-18-22-24(32)16-28(4,5)17-25(22)33/h6-15,18,32H,16-17H2,1-5H3. The molecule has 2 aromatic carbocycles. The zero-order valence-corrected chi connectivity index (χ0v) is 20.0. The van der Waals surface area contributed by atoms with Crippen LogP contribution in [0.1, 0.15) is 53.0 Å². The molecule has 5 heteroatoms. The zero-order chi connectivity index (χ0) is 23.8. The predicted octanol–water partition coefficient (Wildman–Crippen LogP) is 6.74. The summed E-state index contributed by atoms with van der Waals surface area (Å²) in [5, 5.41) is 15.3. The Balaban J connectivity index is 1.74. The molecule has 1 heterocycles. The van der Waals surface area contributed by atoms with E-state index in [0.29, 0.717) is 18.7 Å². The molecule has 1 aliphatic carbocycles. The van der Waals surface area contributed by atoms with Crippen molar-refractivity contribution in [2.24, 2.45) is 10.4 Å². The number of rotatable bonds is 4. The van der Waals surface area contributed by atoms with Gasteiger partial charge in [-0.1, -0.05) is 77.1 Å². The van der Waals surface area contributed by atoms with Crippen molar-refractivity contribution in [3.05, 3.63) is 77.6 Å². The van der Waals surface area contributed by atoms with Gasteiger partial charge in [0, 0.05) is 30.7 Å². The topological polar surface area (TPSA) is 67.5 Å². The molecular weight excluding hydrogens is 410 g/mol. The molecule has 1 aliphatic rings. The maximum absolute atomic E-state index is 12.6. The van der Waals surface area contributed by atoms with E-state index in [2.05, 4.69) is 50.0 Å². The van der Waals surface area contributed by atoms with Crippen molar-refractivity contribution < 1.29 is 9.90 Å². The number of aliphatic hydroxyl groups excluding tert-OH is 1. The van der Waals surface area contributed by atoms with Crippen LogP contribution < -0.4 is 0 Å². The van der Waals surface area contributed by atoms with Crippen LogP contribution in [0, 0.1) is 5.41 Å². The number of hydrogen-bond donors (Lipinski definition) is 1. The maximum Gasteiger partial charge on any atom is 0.168 e. The van der Waals surface area contributed by atoms with Crippen LogP contribution >= 0.6 is 0 Å². The van der Waals surface area contributed by atoms with Crippen molar-refractivity contribution in [2.45, 2.75) is 52.9 Å². The van der Waals surface area contributed by atoms with E-state index in [4.69, 9.17) is 5.10 Å². The molecule has 170 valence electrons. The predicted molar refractivity (Wildman–Crippen MR) is 134 cm³/mol. The Hall–Kier alpha value is -3.47. The second kappa shape index (κ2) is 8.47. The van der Waals surface area contributed by atoms with Crippen molar-refractivity contribution in [2.75, 3.05) is 0 Å². The van der Waals surface area contributed by atoms with Crippen LogP contribution in [0.3, 0.4) is 0 Å². The third-order valence-electron chi connectivity index (χ3n) is 5.96. The average molecular weight is 442 g/mol. The Morgan fingerprint density at radius 1 is 1.03 bits per heavy atom. The number of para-hydroxylation sites is 1. The normalized spacial score (nSPS) is 16.6. The smallest absolute Gasteiger partial charge is 0.168 e. The number of carbonyl (C=O) groups is 1. The van der Waals surface area contributed by atoms with Crippen LogP contribution in [0.25, 0.3) is 16.9 Å². The first-order valence-corrected chi connectivity index (χ1v) is 11.3. The third kappa shape index (κ3) is 4.98. The monoisotopic (exact) mass is 441 g/mol. The summed E-state index contributed by atoms with van der Waals surface area (Å²) in [7, 11) is 0. The van der Waals surface area contributed by atoms with Gasteiger partial charge >= 0.3 is 0 Å². The number of aromatic nitrogens is 2. The zero-order valence-electron chi connectivity index (χ0n) is 20.0. The van der Waals surface area contributed by atoms with Crippen molar-refractivity contribution in [3.8, 4) is 16.9 Å². The van der Waals surface area contributed by atoms with Crippen molar-refractivity contribution in [1.29, 1.82) is 0 Å². The highest BCUT2D eigenvalue weighted by molar-refractivity contribution is 6.14. The van der Waals surface area contributed by atoms with Gasteiger partial charge in [0.25, 0.3) is 0 Å². The van der Waals surface area contributed by atoms with Crippen molar-refractivity contribution in [3.63, 3.8) is 0 Å². The van der Waals surface area contributed by atoms with E-state index in [9.17, 15) is 9.90 Å². The quantitative estimate of drug-likeness (QED) is 0.456. The minimum absolute atomic E-state index is 0.0776. The molecule has 0 unspecified atom stereocenters. The lowest BCUT2D eigenvalue weighted by molar-refractivity contribution is -0.117. The molecule has 0 fully saturated rings. The molecule has 0 saturated heterocycles. The molecule has 1 aromatic heterocycles. The summed E-state index contributed by atoms with van der Waals surface area (Å²) < 4.78 is 1.76. The van der Waals surface area contributed by atoms with Crippen LogP contribution in [0.2, 0.25) is 0 Å². The highest BCUT2D eigenvalue weighted by Gasteiger charge is 2.32. The number of aliphatic imine (C=N–C) groups is 1. The van der Waals surface area contributed by atoms with Gasteiger partial charge in [-0.3, -0.25) is 4.79 Å². The Labute approximate surface area is 195 Å². The first-order chi connectivity index (χ1) is 15.5. The van der Waals surface area contributed by atoms with Crippen LogP contribution in [-0.4, -0.2) is 26.9 Å². The van der Waals surface area contributed by atoms with Gasteiger partial charge in [-0.05, 0) is 28.5 Å². The van der Waals surface area contributed by atoms with E-state index in [1.807, 2.05) is 50.2 Å². The van der Waals surface area contributed by atoms with Crippen LogP contribution in [0.15, 0.2) is 77.0 Å². The van der Waals surface area contributed by atoms with E-state index in [1.54, 1.807) is 4.68 Å². The SMILES string of the molecule is CC1(C)CC(=O)C(C=Nc2cc(-c3ccc(C(C)(C)C)cc3)nn2-c2ccccc2)=C(O)C1. The van der Waals surface area contributed by atoms with Crippen molar-refractivity contribution >= 4 is 17.8 Å². The van der Waals surface area contributed by atoms with Gasteiger partial charge in [-0.15, -0.1) is 0 Å². The number of allylic oxidation sites excluding steroid dienone is 2. The Morgan fingerprint density at radius 3 is 2.30 bits per heavy atom. The summed E-state index contributed by atoms with van der Waals surface area (Å²) in [6, 6.07) is 20.1. The molecule has 1 N–H and O–H groups in total. The fourth-order valence-electron chi connectivity index (χ4n) is 4.08. The second-order valence-electron chi connectivity index (χ2n) is 10.5. The van der Waals surface area contributed by atoms with Gasteiger partial charge in [-0.25, -0.2) is 9.67 Å². The molecule has 0 amide bonds. The summed E-state index contributed by atoms with van der Waals surface area (Å²) in [5.41, 5.74) is 4.04. The number of ketones is 1. The molecule has 5 nitrogen and oxygen atoms in total. The molecule has 0 aliphatic heterocycles. The number of carbonyl (C=O) groups excluding carboxylic acids is 1. The summed E-state index contributed by atoms with van der Waals surface area (Å²) in [6.45, 7) is 10.5.